The summed E-state index contributed by atoms with van der Waals surface area (Å²) < 4.78 is 0. The standard InChI is InChI=1S/C13H24N4S/c1-6-7-14-13-15-8-10(2)12(16-13)17(4)11(3)9-18-5/h8,11H,6-7,9H2,1-5H3,(H,14,15,16). The van der Waals surface area contributed by atoms with Crippen LogP contribution in [-0.4, -0.2) is 41.6 Å². The van der Waals surface area contributed by atoms with E-state index in [4.69, 9.17) is 0 Å². The second kappa shape index (κ2) is 7.46. The largest absolute Gasteiger partial charge is 0.356 e. The number of anilines is 2. The molecule has 5 heteroatoms. The van der Waals surface area contributed by atoms with Crippen molar-refractivity contribution >= 4 is 23.5 Å². The van der Waals surface area contributed by atoms with Gasteiger partial charge in [0.15, 0.2) is 0 Å². The molecule has 1 aromatic rings. The zero-order valence-corrected chi connectivity index (χ0v) is 12.8. The molecule has 4 nitrogen and oxygen atoms in total. The molecule has 0 spiro atoms. The second-order valence-electron chi connectivity index (χ2n) is 4.54. The number of aryl methyl sites for hydroxylation is 1. The van der Waals surface area contributed by atoms with Gasteiger partial charge in [-0.05, 0) is 26.5 Å². The molecule has 18 heavy (non-hydrogen) atoms. The number of hydrogen-bond donors (Lipinski definition) is 1. The van der Waals surface area contributed by atoms with Gasteiger partial charge in [0.05, 0.1) is 0 Å². The van der Waals surface area contributed by atoms with E-state index in [2.05, 4.69) is 54.3 Å². The van der Waals surface area contributed by atoms with E-state index in [0.29, 0.717) is 6.04 Å². The summed E-state index contributed by atoms with van der Waals surface area (Å²) in [5, 5.41) is 3.23. The fourth-order valence-electron chi connectivity index (χ4n) is 1.67. The third-order valence-corrected chi connectivity index (χ3v) is 3.70. The first-order chi connectivity index (χ1) is 8.60. The van der Waals surface area contributed by atoms with Crippen molar-refractivity contribution in [2.45, 2.75) is 33.2 Å². The zero-order chi connectivity index (χ0) is 13.5. The van der Waals surface area contributed by atoms with Crippen LogP contribution in [0.2, 0.25) is 0 Å². The number of thioether (sulfide) groups is 1. The van der Waals surface area contributed by atoms with Gasteiger partial charge in [-0.25, -0.2) is 4.98 Å². The van der Waals surface area contributed by atoms with Crippen LogP contribution in [-0.2, 0) is 0 Å². The SMILES string of the molecule is CCCNc1ncc(C)c(N(C)C(C)CSC)n1. The van der Waals surface area contributed by atoms with Crippen molar-refractivity contribution in [3.05, 3.63) is 11.8 Å². The van der Waals surface area contributed by atoms with E-state index >= 15 is 0 Å². The Morgan fingerprint density at radius 3 is 2.83 bits per heavy atom. The molecule has 0 aliphatic carbocycles. The first-order valence-corrected chi connectivity index (χ1v) is 7.78. The van der Waals surface area contributed by atoms with Gasteiger partial charge in [0.1, 0.15) is 5.82 Å². The van der Waals surface area contributed by atoms with Crippen molar-refractivity contribution in [2.24, 2.45) is 0 Å². The number of nitrogens with one attached hydrogen (secondary N) is 1. The van der Waals surface area contributed by atoms with Gasteiger partial charge in [-0.15, -0.1) is 0 Å². The molecule has 0 amide bonds. The van der Waals surface area contributed by atoms with Gasteiger partial charge in [0.25, 0.3) is 0 Å². The minimum absolute atomic E-state index is 0.465. The van der Waals surface area contributed by atoms with Crippen LogP contribution in [0.4, 0.5) is 11.8 Å². The van der Waals surface area contributed by atoms with E-state index in [1.165, 1.54) is 0 Å². The summed E-state index contributed by atoms with van der Waals surface area (Å²) in [5.74, 6) is 2.84. The van der Waals surface area contributed by atoms with Crippen LogP contribution in [0.25, 0.3) is 0 Å². The average molecular weight is 268 g/mol. The van der Waals surface area contributed by atoms with Crippen molar-refractivity contribution in [3.63, 3.8) is 0 Å². The van der Waals surface area contributed by atoms with Crippen LogP contribution in [0.15, 0.2) is 6.20 Å². The lowest BCUT2D eigenvalue weighted by molar-refractivity contribution is 0.748. The highest BCUT2D eigenvalue weighted by atomic mass is 32.2. The number of hydrogen-bond acceptors (Lipinski definition) is 5. The first kappa shape index (κ1) is 15.1. The van der Waals surface area contributed by atoms with Gasteiger partial charge in [-0.3, -0.25) is 0 Å². The molecule has 0 aliphatic heterocycles. The Kier molecular flexibility index (Phi) is 6.25. The normalized spacial score (nSPS) is 12.3. The Bertz CT molecular complexity index is 370. The predicted octanol–water partition coefficient (Wildman–Crippen LogP) is 2.79. The summed E-state index contributed by atoms with van der Waals surface area (Å²) >= 11 is 1.86. The lowest BCUT2D eigenvalue weighted by Gasteiger charge is -2.27. The average Bonchev–Trinajstić information content (AvgIpc) is 2.37. The zero-order valence-electron chi connectivity index (χ0n) is 12.0. The van der Waals surface area contributed by atoms with Crippen LogP contribution in [0, 0.1) is 6.92 Å². The molecule has 1 N–H and O–H groups in total. The summed E-state index contributed by atoms with van der Waals surface area (Å²) in [7, 11) is 2.10. The van der Waals surface area contributed by atoms with E-state index in [1.807, 2.05) is 18.0 Å². The summed E-state index contributed by atoms with van der Waals surface area (Å²) in [5.41, 5.74) is 1.12. The fourth-order valence-corrected chi connectivity index (χ4v) is 2.38. The van der Waals surface area contributed by atoms with E-state index in [0.717, 1.165) is 36.0 Å². The maximum absolute atomic E-state index is 4.61. The Labute approximate surface area is 115 Å². The van der Waals surface area contributed by atoms with Crippen LogP contribution in [0.5, 0.6) is 0 Å². The molecule has 0 bridgehead atoms. The molecule has 102 valence electrons. The fraction of sp³-hybridized carbons (Fsp3) is 0.692. The van der Waals surface area contributed by atoms with E-state index < -0.39 is 0 Å². The third kappa shape index (κ3) is 4.05. The van der Waals surface area contributed by atoms with Gasteiger partial charge in [0, 0.05) is 37.1 Å². The van der Waals surface area contributed by atoms with Crippen molar-refractivity contribution in [1.82, 2.24) is 9.97 Å². The molecule has 0 aromatic carbocycles. The number of nitrogens with zero attached hydrogens (tertiary/aromatic N) is 3. The molecule has 0 saturated heterocycles. The molecule has 0 saturated carbocycles. The van der Waals surface area contributed by atoms with Crippen molar-refractivity contribution in [3.8, 4) is 0 Å². The summed E-state index contributed by atoms with van der Waals surface area (Å²) in [6.07, 6.45) is 5.10. The first-order valence-electron chi connectivity index (χ1n) is 6.39. The molecule has 0 fully saturated rings. The van der Waals surface area contributed by atoms with Crippen LogP contribution in [0.3, 0.4) is 0 Å². The monoisotopic (exact) mass is 268 g/mol. The molecule has 1 atom stereocenters. The van der Waals surface area contributed by atoms with Crippen molar-refractivity contribution in [2.75, 3.05) is 35.8 Å². The Morgan fingerprint density at radius 1 is 1.50 bits per heavy atom. The van der Waals surface area contributed by atoms with Crippen molar-refractivity contribution < 1.29 is 0 Å². The highest BCUT2D eigenvalue weighted by molar-refractivity contribution is 7.98. The van der Waals surface area contributed by atoms with Crippen LogP contribution >= 0.6 is 11.8 Å². The molecule has 0 aliphatic rings. The molecule has 0 radical (unpaired) electrons. The topological polar surface area (TPSA) is 41.1 Å². The van der Waals surface area contributed by atoms with E-state index in [9.17, 15) is 0 Å². The van der Waals surface area contributed by atoms with E-state index in [-0.39, 0.29) is 0 Å². The van der Waals surface area contributed by atoms with E-state index in [1.54, 1.807) is 0 Å². The third-order valence-electron chi connectivity index (χ3n) is 2.88. The Morgan fingerprint density at radius 2 is 2.22 bits per heavy atom. The second-order valence-corrected chi connectivity index (χ2v) is 5.45. The number of rotatable bonds is 7. The molecule has 1 aromatic heterocycles. The maximum atomic E-state index is 4.61. The van der Waals surface area contributed by atoms with Crippen molar-refractivity contribution in [1.29, 1.82) is 0 Å². The molecule has 1 unspecified atom stereocenters. The molecular weight excluding hydrogens is 244 g/mol. The minimum Gasteiger partial charge on any atom is -0.356 e. The summed E-state index contributed by atoms with van der Waals surface area (Å²) in [6.45, 7) is 7.32. The molecule has 1 rings (SSSR count). The number of aromatic nitrogens is 2. The van der Waals surface area contributed by atoms with Gasteiger partial charge in [-0.1, -0.05) is 6.92 Å². The molecular formula is C13H24N4S. The highest BCUT2D eigenvalue weighted by Crippen LogP contribution is 2.19. The molecule has 1 heterocycles. The van der Waals surface area contributed by atoms with Gasteiger partial charge >= 0.3 is 0 Å². The van der Waals surface area contributed by atoms with Gasteiger partial charge < -0.3 is 10.2 Å². The van der Waals surface area contributed by atoms with Gasteiger partial charge in [-0.2, -0.15) is 16.7 Å². The van der Waals surface area contributed by atoms with Crippen LogP contribution in [0.1, 0.15) is 25.8 Å². The van der Waals surface area contributed by atoms with Gasteiger partial charge in [0.2, 0.25) is 5.95 Å². The maximum Gasteiger partial charge on any atom is 0.224 e. The van der Waals surface area contributed by atoms with Crippen LogP contribution < -0.4 is 10.2 Å². The lowest BCUT2D eigenvalue weighted by atomic mass is 10.3. The summed E-state index contributed by atoms with van der Waals surface area (Å²) in [4.78, 5) is 11.1. The smallest absolute Gasteiger partial charge is 0.224 e. The minimum atomic E-state index is 0.465. The quantitative estimate of drug-likeness (QED) is 0.823. The lowest BCUT2D eigenvalue weighted by Crippen LogP contribution is -2.32. The Balaban J connectivity index is 2.85. The predicted molar refractivity (Wildman–Crippen MR) is 81.8 cm³/mol. The Hall–Kier alpha value is -0.970. The highest BCUT2D eigenvalue weighted by Gasteiger charge is 2.14. The summed E-state index contributed by atoms with van der Waals surface area (Å²) in [6, 6.07) is 0.465.